The molecule has 140 valence electrons. The Bertz CT molecular complexity index is 911. The molecule has 2 aromatic rings. The highest BCUT2D eigenvalue weighted by Gasteiger charge is 2.37. The lowest BCUT2D eigenvalue weighted by atomic mass is 10.1. The number of fused-ring (bicyclic) bond motifs is 1. The predicted octanol–water partition coefficient (Wildman–Crippen LogP) is 3.24. The van der Waals surface area contributed by atoms with Gasteiger partial charge in [-0.1, -0.05) is 18.2 Å². The van der Waals surface area contributed by atoms with Crippen molar-refractivity contribution in [3.05, 3.63) is 59.4 Å². The quantitative estimate of drug-likeness (QED) is 0.792. The fourth-order valence-corrected chi connectivity index (χ4v) is 2.85. The highest BCUT2D eigenvalue weighted by atomic mass is 19.1. The van der Waals surface area contributed by atoms with E-state index in [4.69, 9.17) is 4.74 Å². The molecular formula is C20H19FN2O4. The molecule has 6 nitrogen and oxygen atoms in total. The Balaban J connectivity index is 1.65. The fraction of sp³-hybridized carbons (Fsp3) is 0.250. The van der Waals surface area contributed by atoms with Crippen LogP contribution < -0.4 is 10.1 Å². The van der Waals surface area contributed by atoms with Crippen LogP contribution in [0.5, 0.6) is 5.75 Å². The molecule has 27 heavy (non-hydrogen) atoms. The van der Waals surface area contributed by atoms with E-state index in [1.165, 1.54) is 12.1 Å². The van der Waals surface area contributed by atoms with E-state index in [0.717, 1.165) is 11.0 Å². The van der Waals surface area contributed by atoms with Gasteiger partial charge in [0.1, 0.15) is 11.6 Å². The Kier molecular flexibility index (Phi) is 5.21. The lowest BCUT2D eigenvalue weighted by molar-refractivity contribution is -0.116. The number of benzene rings is 2. The van der Waals surface area contributed by atoms with Crippen molar-refractivity contribution < 1.29 is 23.5 Å². The molecule has 2 aromatic carbocycles. The number of amides is 3. The summed E-state index contributed by atoms with van der Waals surface area (Å²) in [6, 6.07) is 10.9. The van der Waals surface area contributed by atoms with Gasteiger partial charge in [-0.05, 0) is 38.1 Å². The summed E-state index contributed by atoms with van der Waals surface area (Å²) in [5.74, 6) is -1.90. The number of anilines is 1. The first-order valence-corrected chi connectivity index (χ1v) is 8.58. The summed E-state index contributed by atoms with van der Waals surface area (Å²) in [5.41, 5.74) is 0.291. The number of imide groups is 1. The van der Waals surface area contributed by atoms with E-state index in [1.54, 1.807) is 24.3 Å². The van der Waals surface area contributed by atoms with Crippen LogP contribution in [0.4, 0.5) is 10.1 Å². The summed E-state index contributed by atoms with van der Waals surface area (Å²) in [7, 11) is 0. The highest BCUT2D eigenvalue weighted by molar-refractivity contribution is 6.21. The molecule has 0 aromatic heterocycles. The second-order valence-electron chi connectivity index (χ2n) is 6.39. The summed E-state index contributed by atoms with van der Waals surface area (Å²) < 4.78 is 19.5. The van der Waals surface area contributed by atoms with Crippen LogP contribution in [0.3, 0.4) is 0 Å². The maximum absolute atomic E-state index is 13.8. The van der Waals surface area contributed by atoms with Crippen molar-refractivity contribution in [2.45, 2.75) is 26.4 Å². The molecular weight excluding hydrogens is 351 g/mol. The van der Waals surface area contributed by atoms with Crippen LogP contribution in [-0.2, 0) is 4.79 Å². The SMILES string of the molecule is CC(C)Oc1ccccc1NC(=O)CCN1C(=O)c2cccc(F)c2C1=O. The van der Waals surface area contributed by atoms with Crippen LogP contribution in [0.2, 0.25) is 0 Å². The molecule has 0 aliphatic carbocycles. The van der Waals surface area contributed by atoms with E-state index in [-0.39, 0.29) is 36.1 Å². The first kappa shape index (κ1) is 18.6. The molecule has 7 heteroatoms. The molecule has 0 bridgehead atoms. The molecule has 0 radical (unpaired) electrons. The van der Waals surface area contributed by atoms with Crippen molar-refractivity contribution >= 4 is 23.4 Å². The van der Waals surface area contributed by atoms with Gasteiger partial charge in [0.2, 0.25) is 5.91 Å². The van der Waals surface area contributed by atoms with Crippen molar-refractivity contribution in [1.29, 1.82) is 0 Å². The Hall–Kier alpha value is -3.22. The molecule has 0 atom stereocenters. The summed E-state index contributed by atoms with van der Waals surface area (Å²) in [6.07, 6.45) is -0.167. The molecule has 0 fully saturated rings. The summed E-state index contributed by atoms with van der Waals surface area (Å²) >= 11 is 0. The zero-order valence-corrected chi connectivity index (χ0v) is 15.0. The van der Waals surface area contributed by atoms with E-state index >= 15 is 0 Å². The van der Waals surface area contributed by atoms with Gasteiger partial charge in [0.15, 0.2) is 0 Å². The van der Waals surface area contributed by atoms with Gasteiger partial charge < -0.3 is 10.1 Å². The van der Waals surface area contributed by atoms with Crippen molar-refractivity contribution in [3.63, 3.8) is 0 Å². The smallest absolute Gasteiger partial charge is 0.264 e. The van der Waals surface area contributed by atoms with Crippen LogP contribution in [0, 0.1) is 5.82 Å². The number of carbonyl (C=O) groups excluding carboxylic acids is 3. The van der Waals surface area contributed by atoms with Gasteiger partial charge in [-0.15, -0.1) is 0 Å². The predicted molar refractivity (Wildman–Crippen MR) is 97.2 cm³/mol. The van der Waals surface area contributed by atoms with Gasteiger partial charge in [-0.25, -0.2) is 4.39 Å². The van der Waals surface area contributed by atoms with Crippen LogP contribution >= 0.6 is 0 Å². The van der Waals surface area contributed by atoms with Crippen LogP contribution in [0.15, 0.2) is 42.5 Å². The lowest BCUT2D eigenvalue weighted by Crippen LogP contribution is -2.33. The highest BCUT2D eigenvalue weighted by Crippen LogP contribution is 2.27. The Labute approximate surface area is 155 Å². The molecule has 1 aliphatic rings. The minimum absolute atomic E-state index is 0.0242. The van der Waals surface area contributed by atoms with E-state index < -0.39 is 17.6 Å². The number of hydrogen-bond acceptors (Lipinski definition) is 4. The normalized spacial score (nSPS) is 13.1. The van der Waals surface area contributed by atoms with E-state index in [0.29, 0.717) is 11.4 Å². The number of nitrogens with one attached hydrogen (secondary N) is 1. The third-order valence-corrected chi connectivity index (χ3v) is 4.03. The van der Waals surface area contributed by atoms with Crippen LogP contribution in [0.25, 0.3) is 0 Å². The Morgan fingerprint density at radius 1 is 1.11 bits per heavy atom. The number of hydrogen-bond donors (Lipinski definition) is 1. The number of nitrogens with zero attached hydrogens (tertiary/aromatic N) is 1. The molecule has 1 heterocycles. The van der Waals surface area contributed by atoms with Gasteiger partial charge in [-0.2, -0.15) is 0 Å². The van der Waals surface area contributed by atoms with Gasteiger partial charge >= 0.3 is 0 Å². The third-order valence-electron chi connectivity index (χ3n) is 4.03. The molecule has 0 saturated heterocycles. The van der Waals surface area contributed by atoms with Gasteiger partial charge in [0.25, 0.3) is 11.8 Å². The van der Waals surface area contributed by atoms with Gasteiger partial charge in [-0.3, -0.25) is 19.3 Å². The Morgan fingerprint density at radius 3 is 2.56 bits per heavy atom. The fourth-order valence-electron chi connectivity index (χ4n) is 2.85. The second kappa shape index (κ2) is 7.57. The lowest BCUT2D eigenvalue weighted by Gasteiger charge is -2.16. The number of rotatable bonds is 6. The molecule has 3 amide bonds. The summed E-state index contributed by atoms with van der Waals surface area (Å²) in [4.78, 5) is 37.7. The minimum atomic E-state index is -0.738. The molecule has 3 rings (SSSR count). The molecule has 1 aliphatic heterocycles. The van der Waals surface area contributed by atoms with E-state index in [1.807, 2.05) is 13.8 Å². The van der Waals surface area contributed by atoms with Crippen LogP contribution in [-0.4, -0.2) is 35.3 Å². The van der Waals surface area contributed by atoms with Crippen molar-refractivity contribution in [1.82, 2.24) is 4.90 Å². The molecule has 0 saturated carbocycles. The largest absolute Gasteiger partial charge is 0.489 e. The number of carbonyl (C=O) groups is 3. The number of halogens is 1. The average Bonchev–Trinajstić information content (AvgIpc) is 2.86. The van der Waals surface area contributed by atoms with E-state index in [9.17, 15) is 18.8 Å². The summed E-state index contributed by atoms with van der Waals surface area (Å²) in [5, 5.41) is 2.71. The van der Waals surface area contributed by atoms with Crippen molar-refractivity contribution in [2.75, 3.05) is 11.9 Å². The molecule has 0 spiro atoms. The number of ether oxygens (including phenoxy) is 1. The zero-order valence-electron chi connectivity index (χ0n) is 15.0. The zero-order chi connectivity index (χ0) is 19.6. The van der Waals surface area contributed by atoms with Crippen LogP contribution in [0.1, 0.15) is 41.0 Å². The maximum Gasteiger partial charge on any atom is 0.264 e. The maximum atomic E-state index is 13.8. The van der Waals surface area contributed by atoms with Crippen molar-refractivity contribution in [2.24, 2.45) is 0 Å². The first-order chi connectivity index (χ1) is 12.9. The van der Waals surface area contributed by atoms with Crippen molar-refractivity contribution in [3.8, 4) is 5.75 Å². The standard InChI is InChI=1S/C20H19FN2O4/c1-12(2)27-16-9-4-3-8-15(16)22-17(24)10-11-23-19(25)13-6-5-7-14(21)18(13)20(23)26/h3-9,12H,10-11H2,1-2H3,(H,22,24). The first-order valence-electron chi connectivity index (χ1n) is 8.58. The average molecular weight is 370 g/mol. The third kappa shape index (κ3) is 3.81. The van der Waals surface area contributed by atoms with E-state index in [2.05, 4.69) is 5.32 Å². The molecule has 0 unspecified atom stereocenters. The van der Waals surface area contributed by atoms with Gasteiger partial charge in [0.05, 0.1) is 22.9 Å². The minimum Gasteiger partial charge on any atom is -0.489 e. The topological polar surface area (TPSA) is 75.7 Å². The monoisotopic (exact) mass is 370 g/mol. The Morgan fingerprint density at radius 2 is 1.85 bits per heavy atom. The van der Waals surface area contributed by atoms with Gasteiger partial charge in [0, 0.05) is 13.0 Å². The molecule has 1 N–H and O–H groups in total. The second-order valence-corrected chi connectivity index (χ2v) is 6.39. The summed E-state index contributed by atoms with van der Waals surface area (Å²) in [6.45, 7) is 3.62. The number of para-hydroxylation sites is 2.